The molecule has 0 saturated carbocycles. The number of aromatic amines is 1. The van der Waals surface area contributed by atoms with E-state index in [-0.39, 0.29) is 5.69 Å². The molecule has 0 atom stereocenters. The molecular formula is C17H16N2O3. The summed E-state index contributed by atoms with van der Waals surface area (Å²) in [6.07, 6.45) is 0. The monoisotopic (exact) mass is 296 g/mol. The number of fused-ring (bicyclic) bond motifs is 1. The quantitative estimate of drug-likeness (QED) is 0.573. The van der Waals surface area contributed by atoms with Gasteiger partial charge in [-0.25, -0.2) is 0 Å². The first-order chi connectivity index (χ1) is 10.5. The van der Waals surface area contributed by atoms with Crippen molar-refractivity contribution in [1.29, 1.82) is 0 Å². The highest BCUT2D eigenvalue weighted by Crippen LogP contribution is 2.30. The van der Waals surface area contributed by atoms with E-state index < -0.39 is 10.5 Å². The number of aromatic nitrogens is 1. The number of ether oxygens (including phenoxy) is 1. The van der Waals surface area contributed by atoms with Gasteiger partial charge in [0, 0.05) is 17.6 Å². The molecule has 0 aliphatic carbocycles. The summed E-state index contributed by atoms with van der Waals surface area (Å²) in [4.78, 5) is 13.6. The summed E-state index contributed by atoms with van der Waals surface area (Å²) >= 11 is 0. The van der Waals surface area contributed by atoms with Gasteiger partial charge in [-0.15, -0.1) is 0 Å². The van der Waals surface area contributed by atoms with E-state index >= 15 is 0 Å². The third kappa shape index (κ3) is 2.65. The summed E-state index contributed by atoms with van der Waals surface area (Å²) in [7, 11) is 0. The molecule has 0 aliphatic rings. The van der Waals surface area contributed by atoms with Crippen LogP contribution in [0.5, 0.6) is 5.75 Å². The molecule has 22 heavy (non-hydrogen) atoms. The maximum absolute atomic E-state index is 10.7. The maximum atomic E-state index is 10.7. The molecule has 2 aromatic carbocycles. The lowest BCUT2D eigenvalue weighted by molar-refractivity contribution is -0.384. The van der Waals surface area contributed by atoms with Gasteiger partial charge in [0.05, 0.1) is 10.6 Å². The van der Waals surface area contributed by atoms with Crippen LogP contribution in [0.15, 0.2) is 54.6 Å². The first-order valence-corrected chi connectivity index (χ1v) is 6.97. The molecule has 1 heterocycles. The minimum atomic E-state index is -0.574. The lowest BCUT2D eigenvalue weighted by Crippen LogP contribution is -2.25. The Hall–Kier alpha value is -2.82. The van der Waals surface area contributed by atoms with Gasteiger partial charge in [0.15, 0.2) is 0 Å². The number of para-hydroxylation sites is 1. The van der Waals surface area contributed by atoms with Crippen molar-refractivity contribution in [2.24, 2.45) is 0 Å². The predicted molar refractivity (Wildman–Crippen MR) is 85.0 cm³/mol. The number of non-ortho nitro benzene ring substituents is 1. The molecule has 0 aliphatic heterocycles. The van der Waals surface area contributed by atoms with E-state index in [1.807, 2.05) is 38.1 Å². The number of hydrogen-bond donors (Lipinski definition) is 1. The van der Waals surface area contributed by atoms with Crippen molar-refractivity contribution < 1.29 is 9.66 Å². The summed E-state index contributed by atoms with van der Waals surface area (Å²) in [5.74, 6) is 0.592. The molecule has 5 heteroatoms. The molecule has 0 fully saturated rings. The first kappa shape index (κ1) is 14.1. The largest absolute Gasteiger partial charge is 0.482 e. The summed E-state index contributed by atoms with van der Waals surface area (Å²) in [5.41, 5.74) is 1.48. The number of benzene rings is 2. The van der Waals surface area contributed by atoms with Crippen molar-refractivity contribution in [3.8, 4) is 5.75 Å². The summed E-state index contributed by atoms with van der Waals surface area (Å²) in [6.45, 7) is 3.91. The Bertz CT molecular complexity index is 786. The molecule has 0 radical (unpaired) electrons. The molecule has 112 valence electrons. The number of nitro groups is 1. The van der Waals surface area contributed by atoms with Gasteiger partial charge in [0.25, 0.3) is 5.69 Å². The summed E-state index contributed by atoms with van der Waals surface area (Å²) in [5, 5.41) is 11.8. The third-order valence-electron chi connectivity index (χ3n) is 3.60. The van der Waals surface area contributed by atoms with Crippen molar-refractivity contribution in [1.82, 2.24) is 4.98 Å². The van der Waals surface area contributed by atoms with Gasteiger partial charge >= 0.3 is 0 Å². The lowest BCUT2D eigenvalue weighted by Gasteiger charge is -2.25. The molecule has 0 amide bonds. The topological polar surface area (TPSA) is 68.2 Å². The zero-order chi connectivity index (χ0) is 15.7. The van der Waals surface area contributed by atoms with E-state index in [2.05, 4.69) is 11.1 Å². The Kier molecular flexibility index (Phi) is 3.33. The summed E-state index contributed by atoms with van der Waals surface area (Å²) < 4.78 is 6.00. The average molecular weight is 296 g/mol. The fraction of sp³-hybridized carbons (Fsp3) is 0.176. The van der Waals surface area contributed by atoms with Gasteiger partial charge in [-0.05, 0) is 43.5 Å². The molecule has 3 aromatic rings. The second kappa shape index (κ2) is 5.18. The van der Waals surface area contributed by atoms with Crippen LogP contribution >= 0.6 is 0 Å². The van der Waals surface area contributed by atoms with Crippen LogP contribution < -0.4 is 4.74 Å². The maximum Gasteiger partial charge on any atom is 0.269 e. The Morgan fingerprint density at radius 3 is 2.41 bits per heavy atom. The van der Waals surface area contributed by atoms with E-state index in [1.54, 1.807) is 12.1 Å². The molecule has 0 spiro atoms. The standard InChI is InChI=1S/C17H16N2O3/c1-17(2,16-11-12-5-3-4-6-15(12)18-16)22-14-9-7-13(8-10-14)19(20)21/h3-11,18H,1-2H3. The highest BCUT2D eigenvalue weighted by Gasteiger charge is 2.25. The Labute approximate surface area is 127 Å². The molecule has 5 nitrogen and oxygen atoms in total. The molecule has 1 N–H and O–H groups in total. The minimum Gasteiger partial charge on any atom is -0.482 e. The van der Waals surface area contributed by atoms with Gasteiger partial charge in [-0.3, -0.25) is 10.1 Å². The van der Waals surface area contributed by atoms with Crippen LogP contribution in [0.25, 0.3) is 10.9 Å². The summed E-state index contributed by atoms with van der Waals surface area (Å²) in [6, 6.07) is 16.2. The number of nitrogens with zero attached hydrogens (tertiary/aromatic N) is 1. The van der Waals surface area contributed by atoms with Crippen LogP contribution in [0.2, 0.25) is 0 Å². The SMILES string of the molecule is CC(C)(Oc1ccc([N+](=O)[O-])cc1)c1cc2ccccc2[nH]1. The molecule has 3 rings (SSSR count). The smallest absolute Gasteiger partial charge is 0.269 e. The zero-order valence-electron chi connectivity index (χ0n) is 12.4. The normalized spacial score (nSPS) is 11.5. The van der Waals surface area contributed by atoms with Crippen LogP contribution in [0, 0.1) is 10.1 Å². The van der Waals surface area contributed by atoms with Crippen LogP contribution in [-0.4, -0.2) is 9.91 Å². The number of hydrogen-bond acceptors (Lipinski definition) is 3. The van der Waals surface area contributed by atoms with Gasteiger partial charge in [0.1, 0.15) is 11.4 Å². The van der Waals surface area contributed by atoms with Crippen molar-refractivity contribution in [3.05, 3.63) is 70.4 Å². The van der Waals surface area contributed by atoms with E-state index in [4.69, 9.17) is 4.74 Å². The molecule has 1 aromatic heterocycles. The third-order valence-corrected chi connectivity index (χ3v) is 3.60. The van der Waals surface area contributed by atoms with Crippen LogP contribution in [0.1, 0.15) is 19.5 Å². The van der Waals surface area contributed by atoms with Crippen molar-refractivity contribution in [3.63, 3.8) is 0 Å². The first-order valence-electron chi connectivity index (χ1n) is 6.97. The second-order valence-corrected chi connectivity index (χ2v) is 5.63. The predicted octanol–water partition coefficient (Wildman–Crippen LogP) is 4.39. The van der Waals surface area contributed by atoms with Crippen LogP contribution in [-0.2, 0) is 5.60 Å². The van der Waals surface area contributed by atoms with Crippen molar-refractivity contribution >= 4 is 16.6 Å². The number of rotatable bonds is 4. The van der Waals surface area contributed by atoms with Gasteiger partial charge in [-0.1, -0.05) is 18.2 Å². The fourth-order valence-electron chi connectivity index (χ4n) is 2.38. The lowest BCUT2D eigenvalue weighted by atomic mass is 10.0. The van der Waals surface area contributed by atoms with Gasteiger partial charge < -0.3 is 9.72 Å². The Balaban J connectivity index is 1.87. The highest BCUT2D eigenvalue weighted by atomic mass is 16.6. The number of nitro benzene ring substituents is 1. The minimum absolute atomic E-state index is 0.0516. The Morgan fingerprint density at radius 2 is 1.77 bits per heavy atom. The molecule has 0 bridgehead atoms. The average Bonchev–Trinajstić information content (AvgIpc) is 2.92. The van der Waals surface area contributed by atoms with Crippen LogP contribution in [0.3, 0.4) is 0 Å². The fourth-order valence-corrected chi connectivity index (χ4v) is 2.38. The molecule has 0 saturated heterocycles. The second-order valence-electron chi connectivity index (χ2n) is 5.63. The van der Waals surface area contributed by atoms with Crippen molar-refractivity contribution in [2.75, 3.05) is 0 Å². The van der Waals surface area contributed by atoms with E-state index in [0.717, 1.165) is 16.6 Å². The van der Waals surface area contributed by atoms with E-state index in [1.165, 1.54) is 12.1 Å². The number of nitrogens with one attached hydrogen (secondary N) is 1. The molecular weight excluding hydrogens is 280 g/mol. The number of H-pyrrole nitrogens is 1. The zero-order valence-corrected chi connectivity index (χ0v) is 12.4. The van der Waals surface area contributed by atoms with E-state index in [0.29, 0.717) is 5.75 Å². The highest BCUT2D eigenvalue weighted by molar-refractivity contribution is 5.80. The van der Waals surface area contributed by atoms with Gasteiger partial charge in [-0.2, -0.15) is 0 Å². The van der Waals surface area contributed by atoms with Gasteiger partial charge in [0.2, 0.25) is 0 Å². The van der Waals surface area contributed by atoms with Crippen molar-refractivity contribution in [2.45, 2.75) is 19.4 Å². The van der Waals surface area contributed by atoms with E-state index in [9.17, 15) is 10.1 Å². The van der Waals surface area contributed by atoms with Crippen LogP contribution in [0.4, 0.5) is 5.69 Å². The Morgan fingerprint density at radius 1 is 1.09 bits per heavy atom. The molecule has 0 unspecified atom stereocenters.